The lowest BCUT2D eigenvalue weighted by atomic mass is 10.0. The SMILES string of the molecule is COc1cccc(C(=O)c2oc3cc(NC(=O)c4ccccc4C)ccc3c2C)c1. The van der Waals surface area contributed by atoms with Gasteiger partial charge in [-0.1, -0.05) is 30.3 Å². The number of ether oxygens (including phenoxy) is 1. The minimum absolute atomic E-state index is 0.191. The van der Waals surface area contributed by atoms with Crippen LogP contribution in [0.5, 0.6) is 5.75 Å². The molecule has 0 atom stereocenters. The number of ketones is 1. The third-order valence-corrected chi connectivity index (χ3v) is 5.12. The largest absolute Gasteiger partial charge is 0.497 e. The quantitative estimate of drug-likeness (QED) is 0.447. The van der Waals surface area contributed by atoms with E-state index in [1.165, 1.54) is 0 Å². The first-order valence-electron chi connectivity index (χ1n) is 9.57. The van der Waals surface area contributed by atoms with Crippen molar-refractivity contribution in [3.05, 3.63) is 94.7 Å². The molecule has 0 radical (unpaired) electrons. The van der Waals surface area contributed by atoms with Crippen LogP contribution in [0.25, 0.3) is 11.0 Å². The van der Waals surface area contributed by atoms with E-state index in [0.717, 1.165) is 16.5 Å². The number of rotatable bonds is 5. The van der Waals surface area contributed by atoms with Gasteiger partial charge in [0.15, 0.2) is 5.76 Å². The number of benzene rings is 3. The maximum Gasteiger partial charge on any atom is 0.255 e. The van der Waals surface area contributed by atoms with Crippen LogP contribution in [-0.2, 0) is 0 Å². The third-order valence-electron chi connectivity index (χ3n) is 5.12. The summed E-state index contributed by atoms with van der Waals surface area (Å²) >= 11 is 0. The lowest BCUT2D eigenvalue weighted by Crippen LogP contribution is -2.13. The van der Waals surface area contributed by atoms with E-state index in [1.54, 1.807) is 49.6 Å². The van der Waals surface area contributed by atoms with Crippen LogP contribution in [0.2, 0.25) is 0 Å². The molecule has 0 spiro atoms. The van der Waals surface area contributed by atoms with Crippen LogP contribution in [0.1, 0.15) is 37.6 Å². The molecule has 4 rings (SSSR count). The van der Waals surface area contributed by atoms with Crippen LogP contribution < -0.4 is 10.1 Å². The number of anilines is 1. The molecule has 0 bridgehead atoms. The molecule has 0 saturated heterocycles. The maximum atomic E-state index is 13.0. The summed E-state index contributed by atoms with van der Waals surface area (Å²) < 4.78 is 11.1. The molecule has 0 aliphatic carbocycles. The van der Waals surface area contributed by atoms with Crippen molar-refractivity contribution in [2.75, 3.05) is 12.4 Å². The zero-order valence-electron chi connectivity index (χ0n) is 17.0. The molecule has 5 nitrogen and oxygen atoms in total. The second-order valence-corrected chi connectivity index (χ2v) is 7.10. The Hall–Kier alpha value is -3.86. The number of fused-ring (bicyclic) bond motifs is 1. The van der Waals surface area contributed by atoms with Gasteiger partial charge in [-0.2, -0.15) is 0 Å². The standard InChI is InChI=1S/C25H21NO4/c1-15-7-4-5-10-20(15)25(28)26-18-11-12-21-16(2)24(30-22(21)14-18)23(27)17-8-6-9-19(13-17)29-3/h4-14H,1-3H3,(H,26,28). The molecule has 0 saturated carbocycles. The summed E-state index contributed by atoms with van der Waals surface area (Å²) in [7, 11) is 1.56. The molecule has 1 amide bonds. The van der Waals surface area contributed by atoms with E-state index in [1.807, 2.05) is 38.1 Å². The second kappa shape index (κ2) is 7.87. The van der Waals surface area contributed by atoms with Gasteiger partial charge >= 0.3 is 0 Å². The number of furan rings is 1. The molecule has 5 heteroatoms. The predicted octanol–water partition coefficient (Wildman–Crippen LogP) is 5.54. The molecule has 0 aliphatic rings. The fourth-order valence-corrected chi connectivity index (χ4v) is 3.44. The van der Waals surface area contributed by atoms with E-state index in [9.17, 15) is 9.59 Å². The number of nitrogens with one attached hydrogen (secondary N) is 1. The number of amides is 1. The first kappa shape index (κ1) is 19.5. The summed E-state index contributed by atoms with van der Waals surface area (Å²) in [6.45, 7) is 3.75. The number of hydrogen-bond donors (Lipinski definition) is 1. The maximum absolute atomic E-state index is 13.0. The molecule has 0 aliphatic heterocycles. The number of aryl methyl sites for hydroxylation is 2. The van der Waals surface area contributed by atoms with Crippen LogP contribution in [0, 0.1) is 13.8 Å². The molecule has 3 aromatic carbocycles. The average Bonchev–Trinajstić information content (AvgIpc) is 3.09. The fraction of sp³-hybridized carbons (Fsp3) is 0.120. The third kappa shape index (κ3) is 3.57. The molecular formula is C25H21NO4. The highest BCUT2D eigenvalue weighted by Crippen LogP contribution is 2.30. The molecular weight excluding hydrogens is 378 g/mol. The van der Waals surface area contributed by atoms with Gasteiger partial charge in [0.25, 0.3) is 5.91 Å². The topological polar surface area (TPSA) is 68.5 Å². The van der Waals surface area contributed by atoms with Gasteiger partial charge in [-0.15, -0.1) is 0 Å². The summed E-state index contributed by atoms with van der Waals surface area (Å²) in [6.07, 6.45) is 0. The Morgan fingerprint density at radius 3 is 2.50 bits per heavy atom. The highest BCUT2D eigenvalue weighted by atomic mass is 16.5. The van der Waals surface area contributed by atoms with Crippen molar-refractivity contribution in [2.45, 2.75) is 13.8 Å². The molecule has 1 heterocycles. The summed E-state index contributed by atoms with van der Waals surface area (Å²) in [5.74, 6) is 0.480. The van der Waals surface area contributed by atoms with Gasteiger partial charge in [0.1, 0.15) is 11.3 Å². The van der Waals surface area contributed by atoms with Crippen molar-refractivity contribution in [3.8, 4) is 5.75 Å². The Labute approximate surface area is 174 Å². The summed E-state index contributed by atoms with van der Waals surface area (Å²) in [6, 6.07) is 19.8. The monoisotopic (exact) mass is 399 g/mol. The smallest absolute Gasteiger partial charge is 0.255 e. The summed E-state index contributed by atoms with van der Waals surface area (Å²) in [4.78, 5) is 25.6. The number of hydrogen-bond acceptors (Lipinski definition) is 4. The Morgan fingerprint density at radius 1 is 0.933 bits per heavy atom. The van der Waals surface area contributed by atoms with Crippen LogP contribution in [0.3, 0.4) is 0 Å². The number of carbonyl (C=O) groups excluding carboxylic acids is 2. The first-order valence-corrected chi connectivity index (χ1v) is 9.57. The van der Waals surface area contributed by atoms with Gasteiger partial charge < -0.3 is 14.5 Å². The second-order valence-electron chi connectivity index (χ2n) is 7.10. The zero-order valence-corrected chi connectivity index (χ0v) is 17.0. The highest BCUT2D eigenvalue weighted by Gasteiger charge is 2.20. The van der Waals surface area contributed by atoms with Gasteiger partial charge in [0.05, 0.1) is 7.11 Å². The molecule has 150 valence electrons. The first-order chi connectivity index (χ1) is 14.5. The Bertz CT molecular complexity index is 1270. The van der Waals surface area contributed by atoms with Crippen molar-refractivity contribution in [3.63, 3.8) is 0 Å². The van der Waals surface area contributed by atoms with E-state index in [2.05, 4.69) is 5.32 Å². The molecule has 0 unspecified atom stereocenters. The minimum Gasteiger partial charge on any atom is -0.497 e. The van der Waals surface area contributed by atoms with Gasteiger partial charge in [-0.05, 0) is 49.7 Å². The fourth-order valence-electron chi connectivity index (χ4n) is 3.44. The Balaban J connectivity index is 1.65. The van der Waals surface area contributed by atoms with Gasteiger partial charge in [0.2, 0.25) is 5.78 Å². The van der Waals surface area contributed by atoms with Crippen LogP contribution >= 0.6 is 0 Å². The lowest BCUT2D eigenvalue weighted by molar-refractivity contribution is 0.101. The molecule has 0 fully saturated rings. The molecule has 4 aromatic rings. The highest BCUT2D eigenvalue weighted by molar-refractivity contribution is 6.11. The molecule has 1 aromatic heterocycles. The number of methoxy groups -OCH3 is 1. The van der Waals surface area contributed by atoms with E-state index in [4.69, 9.17) is 9.15 Å². The van der Waals surface area contributed by atoms with E-state index in [-0.39, 0.29) is 17.5 Å². The lowest BCUT2D eigenvalue weighted by Gasteiger charge is -2.07. The average molecular weight is 399 g/mol. The zero-order chi connectivity index (χ0) is 21.3. The summed E-state index contributed by atoms with van der Waals surface area (Å²) in [5, 5.41) is 3.72. The van der Waals surface area contributed by atoms with Crippen molar-refractivity contribution in [1.82, 2.24) is 0 Å². The van der Waals surface area contributed by atoms with Crippen molar-refractivity contribution in [1.29, 1.82) is 0 Å². The van der Waals surface area contributed by atoms with Gasteiger partial charge in [0, 0.05) is 33.8 Å². The normalized spacial score (nSPS) is 10.8. The Morgan fingerprint density at radius 2 is 1.73 bits per heavy atom. The van der Waals surface area contributed by atoms with Crippen LogP contribution in [0.4, 0.5) is 5.69 Å². The van der Waals surface area contributed by atoms with Crippen molar-refractivity contribution < 1.29 is 18.7 Å². The van der Waals surface area contributed by atoms with Crippen molar-refractivity contribution >= 4 is 28.3 Å². The molecule has 1 N–H and O–H groups in total. The predicted molar refractivity (Wildman–Crippen MR) is 117 cm³/mol. The van der Waals surface area contributed by atoms with Crippen LogP contribution in [-0.4, -0.2) is 18.8 Å². The van der Waals surface area contributed by atoms with E-state index < -0.39 is 0 Å². The number of carbonyl (C=O) groups is 2. The summed E-state index contributed by atoms with van der Waals surface area (Å²) in [5.41, 5.74) is 3.91. The van der Waals surface area contributed by atoms with Crippen LogP contribution in [0.15, 0.2) is 71.1 Å². The van der Waals surface area contributed by atoms with Crippen molar-refractivity contribution in [2.24, 2.45) is 0 Å². The molecule has 30 heavy (non-hydrogen) atoms. The van der Waals surface area contributed by atoms with Gasteiger partial charge in [-0.25, -0.2) is 0 Å². The van der Waals surface area contributed by atoms with E-state index in [0.29, 0.717) is 28.1 Å². The Kier molecular flexibility index (Phi) is 5.11. The van der Waals surface area contributed by atoms with E-state index >= 15 is 0 Å². The minimum atomic E-state index is -0.215. The van der Waals surface area contributed by atoms with Gasteiger partial charge in [-0.3, -0.25) is 9.59 Å².